The van der Waals surface area contributed by atoms with Crippen LogP contribution >= 0.6 is 38.5 Å². The molecular formula is C9H9BrIN3. The van der Waals surface area contributed by atoms with Crippen LogP contribution in [0, 0.1) is 0 Å². The third-order valence-electron chi connectivity index (χ3n) is 1.39. The van der Waals surface area contributed by atoms with Crippen LogP contribution in [0.25, 0.3) is 0 Å². The molecule has 0 aliphatic heterocycles. The number of rotatable bonds is 3. The van der Waals surface area contributed by atoms with Crippen LogP contribution in [0.5, 0.6) is 0 Å². The molecule has 3 nitrogen and oxygen atoms in total. The Morgan fingerprint density at radius 3 is 3.00 bits per heavy atom. The Morgan fingerprint density at radius 1 is 1.57 bits per heavy atom. The van der Waals surface area contributed by atoms with Gasteiger partial charge in [-0.15, -0.1) is 0 Å². The molecule has 0 aromatic carbocycles. The number of pyridine rings is 1. The number of halogens is 2. The van der Waals surface area contributed by atoms with Gasteiger partial charge in [-0.05, 0) is 62.9 Å². The van der Waals surface area contributed by atoms with Gasteiger partial charge in [0.15, 0.2) is 0 Å². The van der Waals surface area contributed by atoms with Gasteiger partial charge >= 0.3 is 0 Å². The zero-order chi connectivity index (χ0) is 10.4. The maximum Gasteiger partial charge on any atom is 0.143 e. The van der Waals surface area contributed by atoms with E-state index in [2.05, 4.69) is 48.5 Å². The van der Waals surface area contributed by atoms with Crippen molar-refractivity contribution in [1.82, 2.24) is 4.98 Å². The molecule has 1 rings (SSSR count). The van der Waals surface area contributed by atoms with E-state index in [4.69, 9.17) is 5.73 Å². The molecule has 0 saturated carbocycles. The fourth-order valence-electron chi connectivity index (χ4n) is 0.808. The zero-order valence-electron chi connectivity index (χ0n) is 7.27. The Morgan fingerprint density at radius 2 is 2.36 bits per heavy atom. The van der Waals surface area contributed by atoms with Gasteiger partial charge in [0.25, 0.3) is 0 Å². The molecule has 0 amide bonds. The highest BCUT2D eigenvalue weighted by Crippen LogP contribution is 2.23. The van der Waals surface area contributed by atoms with Crippen molar-refractivity contribution in [2.45, 2.75) is 4.05 Å². The summed E-state index contributed by atoms with van der Waals surface area (Å²) in [5.41, 5.74) is 6.10. The number of nitrogens with zero attached hydrogens (tertiary/aromatic N) is 2. The van der Waals surface area contributed by atoms with Crippen LogP contribution < -0.4 is 5.73 Å². The molecule has 5 heteroatoms. The second-order valence-electron chi connectivity index (χ2n) is 2.40. The van der Waals surface area contributed by atoms with Gasteiger partial charge in [-0.1, -0.05) is 6.07 Å². The summed E-state index contributed by atoms with van der Waals surface area (Å²) < 4.78 is 0.836. The van der Waals surface area contributed by atoms with Crippen molar-refractivity contribution in [3.8, 4) is 0 Å². The summed E-state index contributed by atoms with van der Waals surface area (Å²) in [6, 6.07) is 5.76. The van der Waals surface area contributed by atoms with Crippen molar-refractivity contribution in [2.24, 2.45) is 10.7 Å². The average molecular weight is 366 g/mol. The molecule has 2 N–H and O–H groups in total. The lowest BCUT2D eigenvalue weighted by atomic mass is 10.3. The minimum Gasteiger partial charge on any atom is -0.405 e. The molecule has 1 aromatic rings. The van der Waals surface area contributed by atoms with E-state index in [1.807, 2.05) is 18.2 Å². The lowest BCUT2D eigenvalue weighted by Crippen LogP contribution is -1.91. The minimum atomic E-state index is 0.0151. The molecule has 1 atom stereocenters. The first kappa shape index (κ1) is 11.6. The number of aromatic nitrogens is 1. The normalized spacial score (nSPS) is 13.9. The summed E-state index contributed by atoms with van der Waals surface area (Å²) in [4.78, 5) is 8.53. The molecule has 0 radical (unpaired) electrons. The lowest BCUT2D eigenvalue weighted by molar-refractivity contribution is 0.991. The van der Waals surface area contributed by atoms with E-state index in [0.717, 1.165) is 10.3 Å². The summed E-state index contributed by atoms with van der Waals surface area (Å²) in [5.74, 6) is 0. The Kier molecular flexibility index (Phi) is 5.10. The fourth-order valence-corrected chi connectivity index (χ4v) is 1.70. The van der Waals surface area contributed by atoms with E-state index in [0.29, 0.717) is 0 Å². The second kappa shape index (κ2) is 6.13. The van der Waals surface area contributed by atoms with Gasteiger partial charge in [-0.2, -0.15) is 0 Å². The van der Waals surface area contributed by atoms with Gasteiger partial charge in [0.2, 0.25) is 0 Å². The van der Waals surface area contributed by atoms with Crippen LogP contribution in [0.15, 0.2) is 40.1 Å². The third kappa shape index (κ3) is 3.75. The average Bonchev–Trinajstić information content (AvgIpc) is 2.18. The Balaban J connectivity index is 2.74. The van der Waals surface area contributed by atoms with Crippen LogP contribution in [0.3, 0.4) is 0 Å². The number of allylic oxidation sites excluding steroid dienone is 1. The Labute approximate surface area is 105 Å². The quantitative estimate of drug-likeness (QED) is 0.294. The lowest BCUT2D eigenvalue weighted by Gasteiger charge is -2.02. The predicted molar refractivity (Wildman–Crippen MR) is 70.5 cm³/mol. The highest BCUT2D eigenvalue weighted by atomic mass is 127. The predicted octanol–water partition coefficient (Wildman–Crippen LogP) is 2.82. The van der Waals surface area contributed by atoms with Gasteiger partial charge < -0.3 is 5.73 Å². The molecule has 0 fully saturated rings. The van der Waals surface area contributed by atoms with Crippen molar-refractivity contribution in [3.05, 3.63) is 40.8 Å². The number of alkyl halides is 1. The van der Waals surface area contributed by atoms with Crippen molar-refractivity contribution >= 4 is 44.7 Å². The Hall–Kier alpha value is -0.430. The molecule has 0 saturated heterocycles. The highest BCUT2D eigenvalue weighted by molar-refractivity contribution is 14.1. The van der Waals surface area contributed by atoms with Gasteiger partial charge in [0, 0.05) is 6.21 Å². The summed E-state index contributed by atoms with van der Waals surface area (Å²) in [7, 11) is 0. The van der Waals surface area contributed by atoms with E-state index < -0.39 is 0 Å². The molecule has 0 bridgehead atoms. The topological polar surface area (TPSA) is 51.3 Å². The zero-order valence-corrected chi connectivity index (χ0v) is 11.0. The van der Waals surface area contributed by atoms with E-state index in [1.165, 1.54) is 6.20 Å². The monoisotopic (exact) mass is 365 g/mol. The second-order valence-corrected chi connectivity index (χ2v) is 4.40. The van der Waals surface area contributed by atoms with Crippen LogP contribution in [-0.4, -0.2) is 11.2 Å². The molecule has 74 valence electrons. The Bertz CT molecular complexity index is 352. The van der Waals surface area contributed by atoms with Crippen molar-refractivity contribution < 1.29 is 0 Å². The van der Waals surface area contributed by atoms with Crippen LogP contribution in [-0.2, 0) is 0 Å². The van der Waals surface area contributed by atoms with Crippen molar-refractivity contribution in [2.75, 3.05) is 0 Å². The number of aliphatic imine (C=N–C) groups is 1. The summed E-state index contributed by atoms with van der Waals surface area (Å²) >= 11 is 5.52. The molecule has 0 aliphatic carbocycles. The van der Waals surface area contributed by atoms with Crippen LogP contribution in [0.2, 0.25) is 0 Å². The summed E-state index contributed by atoms with van der Waals surface area (Å²) in [6.45, 7) is 0. The third-order valence-corrected chi connectivity index (χ3v) is 2.80. The van der Waals surface area contributed by atoms with Crippen molar-refractivity contribution in [3.63, 3.8) is 0 Å². The standard InChI is InChI=1S/C9H9BrIN3/c10-8-4-1-3-7(14-8)9(11)13-6-2-5-12/h1-6,9H,12H2/b5-2-,13-6-. The fraction of sp³-hybridized carbons (Fsp3) is 0.111. The number of hydrogen-bond donors (Lipinski definition) is 1. The van der Waals surface area contributed by atoms with Crippen LogP contribution in [0.1, 0.15) is 9.74 Å². The number of nitrogens with two attached hydrogens (primary N) is 1. The largest absolute Gasteiger partial charge is 0.405 e. The first-order valence-electron chi connectivity index (χ1n) is 3.90. The molecule has 0 spiro atoms. The minimum absolute atomic E-state index is 0.0151. The van der Waals surface area contributed by atoms with Gasteiger partial charge in [0.05, 0.1) is 5.69 Å². The maximum absolute atomic E-state index is 5.18. The van der Waals surface area contributed by atoms with E-state index in [9.17, 15) is 0 Å². The van der Waals surface area contributed by atoms with Gasteiger partial charge in [0.1, 0.15) is 8.65 Å². The maximum atomic E-state index is 5.18. The summed E-state index contributed by atoms with van der Waals surface area (Å²) in [5, 5.41) is 0. The van der Waals surface area contributed by atoms with Crippen molar-refractivity contribution in [1.29, 1.82) is 0 Å². The first-order chi connectivity index (χ1) is 6.74. The van der Waals surface area contributed by atoms with E-state index in [1.54, 1.807) is 12.3 Å². The molecule has 1 unspecified atom stereocenters. The first-order valence-corrected chi connectivity index (χ1v) is 5.94. The molecule has 14 heavy (non-hydrogen) atoms. The highest BCUT2D eigenvalue weighted by Gasteiger charge is 2.04. The molecular weight excluding hydrogens is 357 g/mol. The van der Waals surface area contributed by atoms with Gasteiger partial charge in [-0.25, -0.2) is 4.98 Å². The SMILES string of the molecule is N/C=C\C=N/C(I)c1cccc(Br)n1. The molecule has 1 aromatic heterocycles. The molecule has 0 aliphatic rings. The van der Waals surface area contributed by atoms with Gasteiger partial charge in [-0.3, -0.25) is 4.99 Å². The van der Waals surface area contributed by atoms with Crippen LogP contribution in [0.4, 0.5) is 0 Å². The van der Waals surface area contributed by atoms with E-state index in [-0.39, 0.29) is 4.05 Å². The molecule has 1 heterocycles. The summed E-state index contributed by atoms with van der Waals surface area (Å²) in [6.07, 6.45) is 4.80. The smallest absolute Gasteiger partial charge is 0.143 e. The number of hydrogen-bond acceptors (Lipinski definition) is 3. The van der Waals surface area contributed by atoms with E-state index >= 15 is 0 Å².